The fraction of sp³-hybridized carbons (Fsp3) is 0.667. The van der Waals surface area contributed by atoms with Crippen LogP contribution in [0, 0.1) is 3.57 Å². The van der Waals surface area contributed by atoms with E-state index in [9.17, 15) is 0 Å². The van der Waals surface area contributed by atoms with Crippen molar-refractivity contribution in [3.8, 4) is 0 Å². The molecule has 1 aromatic carbocycles. The average molecular weight is 400 g/mol. The summed E-state index contributed by atoms with van der Waals surface area (Å²) in [6, 6.07) is 9.51. The van der Waals surface area contributed by atoms with Crippen molar-refractivity contribution in [3.05, 3.63) is 33.4 Å². The number of likely N-dealkylation sites (tertiary alicyclic amines) is 1. The number of rotatable bonds is 7. The number of nitrogens with one attached hydrogen (secondary N) is 1. The molecule has 21 heavy (non-hydrogen) atoms. The molecule has 1 N–H and O–H groups in total. The van der Waals surface area contributed by atoms with Gasteiger partial charge in [0.25, 0.3) is 0 Å². The maximum atomic E-state index is 3.81. The van der Waals surface area contributed by atoms with Crippen molar-refractivity contribution in [1.29, 1.82) is 0 Å². The molecular weight excluding hydrogens is 371 g/mol. The number of benzene rings is 1. The van der Waals surface area contributed by atoms with Gasteiger partial charge >= 0.3 is 0 Å². The zero-order valence-corrected chi connectivity index (χ0v) is 15.8. The number of nitrogens with zero attached hydrogens (tertiary/aromatic N) is 1. The second kappa shape index (κ2) is 7.93. The lowest BCUT2D eigenvalue weighted by Crippen LogP contribution is -2.58. The highest BCUT2D eigenvalue weighted by atomic mass is 127. The number of hydrogen-bond acceptors (Lipinski definition) is 2. The molecule has 118 valence electrons. The minimum Gasteiger partial charge on any atom is -0.312 e. The standard InChI is InChI=1S/C18H29IN2/c1-4-11-20-17(14-15-7-9-16(19)10-8-15)18(2,3)21-12-5-6-13-21/h7-10,17,20H,4-6,11-14H2,1-3H3. The Hall–Kier alpha value is -0.130. The molecule has 1 fully saturated rings. The Morgan fingerprint density at radius 2 is 1.81 bits per heavy atom. The normalized spacial score (nSPS) is 18.1. The Bertz CT molecular complexity index is 421. The van der Waals surface area contributed by atoms with Crippen LogP contribution in [0.25, 0.3) is 0 Å². The first-order chi connectivity index (χ1) is 10.0. The smallest absolute Gasteiger partial charge is 0.0309 e. The lowest BCUT2D eigenvalue weighted by Gasteiger charge is -2.43. The highest BCUT2D eigenvalue weighted by Crippen LogP contribution is 2.26. The van der Waals surface area contributed by atoms with Crippen LogP contribution in [0.1, 0.15) is 45.6 Å². The highest BCUT2D eigenvalue weighted by Gasteiger charge is 2.36. The molecule has 0 aromatic heterocycles. The summed E-state index contributed by atoms with van der Waals surface area (Å²) in [5.74, 6) is 0. The van der Waals surface area contributed by atoms with Crippen molar-refractivity contribution in [2.75, 3.05) is 19.6 Å². The molecule has 2 rings (SSSR count). The first kappa shape index (κ1) is 17.2. The third-order valence-corrected chi connectivity index (χ3v) is 5.49. The van der Waals surface area contributed by atoms with Gasteiger partial charge in [0.1, 0.15) is 0 Å². The summed E-state index contributed by atoms with van der Waals surface area (Å²) in [7, 11) is 0. The monoisotopic (exact) mass is 400 g/mol. The first-order valence-electron chi connectivity index (χ1n) is 8.27. The molecule has 0 aliphatic carbocycles. The van der Waals surface area contributed by atoms with Crippen molar-refractivity contribution in [2.24, 2.45) is 0 Å². The summed E-state index contributed by atoms with van der Waals surface area (Å²) in [6.45, 7) is 10.7. The van der Waals surface area contributed by atoms with E-state index in [0.29, 0.717) is 6.04 Å². The van der Waals surface area contributed by atoms with Crippen LogP contribution < -0.4 is 5.32 Å². The first-order valence-corrected chi connectivity index (χ1v) is 9.34. The summed E-state index contributed by atoms with van der Waals surface area (Å²) in [6.07, 6.45) is 5.01. The summed E-state index contributed by atoms with van der Waals surface area (Å²) < 4.78 is 1.31. The van der Waals surface area contributed by atoms with E-state index < -0.39 is 0 Å². The molecule has 1 saturated heterocycles. The van der Waals surface area contributed by atoms with Crippen LogP contribution in [0.2, 0.25) is 0 Å². The van der Waals surface area contributed by atoms with E-state index in [0.717, 1.165) is 13.0 Å². The second-order valence-corrected chi connectivity index (χ2v) is 7.93. The molecule has 0 radical (unpaired) electrons. The van der Waals surface area contributed by atoms with E-state index in [1.807, 2.05) is 0 Å². The SMILES string of the molecule is CCCNC(Cc1ccc(I)cc1)C(C)(C)N1CCCC1. The Balaban J connectivity index is 2.10. The van der Waals surface area contributed by atoms with Gasteiger partial charge in [-0.2, -0.15) is 0 Å². The molecular formula is C18H29IN2. The van der Waals surface area contributed by atoms with Crippen LogP contribution in [-0.4, -0.2) is 36.1 Å². The van der Waals surface area contributed by atoms with Crippen molar-refractivity contribution in [1.82, 2.24) is 10.2 Å². The second-order valence-electron chi connectivity index (χ2n) is 6.69. The van der Waals surface area contributed by atoms with E-state index in [-0.39, 0.29) is 5.54 Å². The topological polar surface area (TPSA) is 15.3 Å². The largest absolute Gasteiger partial charge is 0.312 e. The zero-order chi connectivity index (χ0) is 15.3. The Morgan fingerprint density at radius 1 is 1.19 bits per heavy atom. The fourth-order valence-electron chi connectivity index (χ4n) is 3.26. The molecule has 1 aromatic rings. The van der Waals surface area contributed by atoms with E-state index in [1.165, 1.54) is 41.5 Å². The highest BCUT2D eigenvalue weighted by molar-refractivity contribution is 14.1. The van der Waals surface area contributed by atoms with Gasteiger partial charge in [0.15, 0.2) is 0 Å². The van der Waals surface area contributed by atoms with Gasteiger partial charge in [0, 0.05) is 15.2 Å². The minimum absolute atomic E-state index is 0.217. The Kier molecular flexibility index (Phi) is 6.51. The minimum atomic E-state index is 0.217. The van der Waals surface area contributed by atoms with Gasteiger partial charge in [-0.15, -0.1) is 0 Å². The summed E-state index contributed by atoms with van der Waals surface area (Å²) in [5.41, 5.74) is 1.66. The third kappa shape index (κ3) is 4.67. The third-order valence-electron chi connectivity index (χ3n) is 4.77. The van der Waals surface area contributed by atoms with E-state index in [1.54, 1.807) is 0 Å². The van der Waals surface area contributed by atoms with Crippen molar-refractivity contribution >= 4 is 22.6 Å². The summed E-state index contributed by atoms with van der Waals surface area (Å²) in [5, 5.41) is 3.81. The average Bonchev–Trinajstić information content (AvgIpc) is 3.00. The molecule has 0 saturated carbocycles. The number of halogens is 1. The molecule has 3 heteroatoms. The lowest BCUT2D eigenvalue weighted by atomic mass is 9.87. The Labute approximate surface area is 143 Å². The van der Waals surface area contributed by atoms with Crippen molar-refractivity contribution < 1.29 is 0 Å². The van der Waals surface area contributed by atoms with Gasteiger partial charge in [0.2, 0.25) is 0 Å². The summed E-state index contributed by atoms with van der Waals surface area (Å²) in [4.78, 5) is 2.67. The van der Waals surface area contributed by atoms with Crippen molar-refractivity contribution in [3.63, 3.8) is 0 Å². The van der Waals surface area contributed by atoms with Crippen molar-refractivity contribution in [2.45, 2.75) is 58.0 Å². The molecule has 1 atom stereocenters. The predicted molar refractivity (Wildman–Crippen MR) is 99.8 cm³/mol. The molecule has 0 amide bonds. The molecule has 1 aliphatic rings. The van der Waals surface area contributed by atoms with Crippen LogP contribution in [0.15, 0.2) is 24.3 Å². The maximum Gasteiger partial charge on any atom is 0.0309 e. The molecule has 1 aliphatic heterocycles. The van der Waals surface area contributed by atoms with Gasteiger partial charge in [-0.05, 0) is 99.5 Å². The lowest BCUT2D eigenvalue weighted by molar-refractivity contribution is 0.106. The van der Waals surface area contributed by atoms with Gasteiger partial charge in [-0.1, -0.05) is 19.1 Å². The fourth-order valence-corrected chi connectivity index (χ4v) is 3.62. The van der Waals surface area contributed by atoms with E-state index >= 15 is 0 Å². The van der Waals surface area contributed by atoms with E-state index in [4.69, 9.17) is 0 Å². The van der Waals surface area contributed by atoms with Crippen LogP contribution in [-0.2, 0) is 6.42 Å². The van der Waals surface area contributed by atoms with E-state index in [2.05, 4.69) is 77.8 Å². The van der Waals surface area contributed by atoms with Crippen LogP contribution in [0.3, 0.4) is 0 Å². The van der Waals surface area contributed by atoms with Crippen LogP contribution in [0.4, 0.5) is 0 Å². The molecule has 0 bridgehead atoms. The summed E-state index contributed by atoms with van der Waals surface area (Å²) >= 11 is 2.38. The van der Waals surface area contributed by atoms with Gasteiger partial charge < -0.3 is 5.32 Å². The Morgan fingerprint density at radius 3 is 2.38 bits per heavy atom. The van der Waals surface area contributed by atoms with Gasteiger partial charge in [-0.25, -0.2) is 0 Å². The molecule has 1 heterocycles. The molecule has 1 unspecified atom stereocenters. The van der Waals surface area contributed by atoms with Gasteiger partial charge in [-0.3, -0.25) is 4.90 Å². The predicted octanol–water partition coefficient (Wildman–Crippen LogP) is 4.08. The maximum absolute atomic E-state index is 3.81. The van der Waals surface area contributed by atoms with Gasteiger partial charge in [0.05, 0.1) is 0 Å². The zero-order valence-electron chi connectivity index (χ0n) is 13.7. The van der Waals surface area contributed by atoms with Crippen LogP contribution in [0.5, 0.6) is 0 Å². The van der Waals surface area contributed by atoms with Crippen LogP contribution >= 0.6 is 22.6 Å². The molecule has 0 spiro atoms. The number of hydrogen-bond donors (Lipinski definition) is 1. The molecule has 2 nitrogen and oxygen atoms in total. The quantitative estimate of drug-likeness (QED) is 0.694.